The van der Waals surface area contributed by atoms with Crippen LogP contribution in [-0.4, -0.2) is 29.9 Å². The lowest BCUT2D eigenvalue weighted by Gasteiger charge is -2.05. The second-order valence-corrected chi connectivity index (χ2v) is 4.86. The number of nitrogens with two attached hydrogens (primary N) is 1. The van der Waals surface area contributed by atoms with Gasteiger partial charge < -0.3 is 21.4 Å². The van der Waals surface area contributed by atoms with Crippen LogP contribution >= 0.6 is 0 Å². The van der Waals surface area contributed by atoms with Gasteiger partial charge in [-0.2, -0.15) is 0 Å². The number of carbonyl (C=O) groups is 2. The highest BCUT2D eigenvalue weighted by Crippen LogP contribution is 2.20. The Balaban J connectivity index is 1.92. The summed E-state index contributed by atoms with van der Waals surface area (Å²) in [6.45, 7) is 2.97. The summed E-state index contributed by atoms with van der Waals surface area (Å²) >= 11 is 0. The molecule has 0 spiro atoms. The first kappa shape index (κ1) is 14.9. The molecule has 112 valence electrons. The van der Waals surface area contributed by atoms with E-state index in [1.165, 1.54) is 0 Å². The van der Waals surface area contributed by atoms with E-state index in [1.807, 2.05) is 13.0 Å². The summed E-state index contributed by atoms with van der Waals surface area (Å²) in [5.41, 5.74) is 7.71. The van der Waals surface area contributed by atoms with Crippen LogP contribution in [0.5, 0.6) is 0 Å². The standard InChI is InChI=1S/C15H20N4O2/c1-2-6-17-14(20)5-7-18-15(21)12-9-19-13-8-10(16)3-4-11(12)13/h3-4,8-9,19H,2,5-7,16H2,1H3,(H,17,20)(H,18,21). The second kappa shape index (κ2) is 6.78. The normalized spacial score (nSPS) is 10.5. The third-order valence-corrected chi connectivity index (χ3v) is 3.16. The molecule has 2 aromatic rings. The van der Waals surface area contributed by atoms with Crippen LogP contribution in [0.25, 0.3) is 10.9 Å². The molecular formula is C15H20N4O2. The first-order valence-electron chi connectivity index (χ1n) is 7.03. The molecule has 2 rings (SSSR count). The predicted molar refractivity (Wildman–Crippen MR) is 83.0 cm³/mol. The van der Waals surface area contributed by atoms with Crippen LogP contribution < -0.4 is 16.4 Å². The highest BCUT2D eigenvalue weighted by molar-refractivity contribution is 6.07. The van der Waals surface area contributed by atoms with Crippen LogP contribution in [0, 0.1) is 0 Å². The molecule has 5 N–H and O–H groups in total. The van der Waals surface area contributed by atoms with E-state index in [-0.39, 0.29) is 18.2 Å². The fourth-order valence-electron chi connectivity index (χ4n) is 2.07. The second-order valence-electron chi connectivity index (χ2n) is 4.86. The monoisotopic (exact) mass is 288 g/mol. The number of nitrogens with one attached hydrogen (secondary N) is 3. The Kier molecular flexibility index (Phi) is 4.81. The molecule has 1 heterocycles. The molecule has 2 amide bonds. The van der Waals surface area contributed by atoms with Gasteiger partial charge in [-0.1, -0.05) is 6.92 Å². The number of anilines is 1. The van der Waals surface area contributed by atoms with Crippen molar-refractivity contribution >= 4 is 28.4 Å². The summed E-state index contributed by atoms with van der Waals surface area (Å²) in [5, 5.41) is 6.33. The summed E-state index contributed by atoms with van der Waals surface area (Å²) in [4.78, 5) is 26.6. The molecule has 1 aromatic carbocycles. The molecule has 0 bridgehead atoms. The molecule has 0 atom stereocenters. The van der Waals surface area contributed by atoms with Crippen molar-refractivity contribution in [1.82, 2.24) is 15.6 Å². The van der Waals surface area contributed by atoms with Crippen molar-refractivity contribution in [3.63, 3.8) is 0 Å². The molecule has 0 saturated heterocycles. The SMILES string of the molecule is CCCNC(=O)CCNC(=O)c1c[nH]c2cc(N)ccc12. The molecule has 0 aliphatic carbocycles. The van der Waals surface area contributed by atoms with Crippen molar-refractivity contribution in [3.05, 3.63) is 30.0 Å². The van der Waals surface area contributed by atoms with Gasteiger partial charge in [-0.25, -0.2) is 0 Å². The van der Waals surface area contributed by atoms with Gasteiger partial charge in [0.05, 0.1) is 5.56 Å². The lowest BCUT2D eigenvalue weighted by atomic mass is 10.1. The smallest absolute Gasteiger partial charge is 0.253 e. The fourth-order valence-corrected chi connectivity index (χ4v) is 2.07. The zero-order chi connectivity index (χ0) is 15.2. The molecule has 0 fully saturated rings. The van der Waals surface area contributed by atoms with E-state index in [0.29, 0.717) is 24.3 Å². The number of rotatable bonds is 6. The summed E-state index contributed by atoms with van der Waals surface area (Å²) in [7, 11) is 0. The Labute approximate surface area is 123 Å². The van der Waals surface area contributed by atoms with Gasteiger partial charge >= 0.3 is 0 Å². The molecule has 0 radical (unpaired) electrons. The quantitative estimate of drug-likeness (QED) is 0.604. The van der Waals surface area contributed by atoms with E-state index in [4.69, 9.17) is 5.73 Å². The number of fused-ring (bicyclic) bond motifs is 1. The Morgan fingerprint density at radius 3 is 2.81 bits per heavy atom. The van der Waals surface area contributed by atoms with Crippen LogP contribution in [0.15, 0.2) is 24.4 Å². The van der Waals surface area contributed by atoms with Crippen molar-refractivity contribution in [2.24, 2.45) is 0 Å². The average Bonchev–Trinajstić information content (AvgIpc) is 2.87. The van der Waals surface area contributed by atoms with Gasteiger partial charge in [0.15, 0.2) is 0 Å². The van der Waals surface area contributed by atoms with Gasteiger partial charge in [0.25, 0.3) is 5.91 Å². The molecule has 0 aliphatic rings. The average molecular weight is 288 g/mol. The first-order valence-corrected chi connectivity index (χ1v) is 7.03. The minimum Gasteiger partial charge on any atom is -0.399 e. The number of nitrogen functional groups attached to an aromatic ring is 1. The summed E-state index contributed by atoms with van der Waals surface area (Å²) in [5.74, 6) is -0.252. The highest BCUT2D eigenvalue weighted by Gasteiger charge is 2.12. The number of benzene rings is 1. The Morgan fingerprint density at radius 2 is 2.05 bits per heavy atom. The topological polar surface area (TPSA) is 100 Å². The lowest BCUT2D eigenvalue weighted by Crippen LogP contribution is -2.30. The van der Waals surface area contributed by atoms with Crippen molar-refractivity contribution < 1.29 is 9.59 Å². The predicted octanol–water partition coefficient (Wildman–Crippen LogP) is 1.40. The number of aromatic nitrogens is 1. The number of H-pyrrole nitrogens is 1. The summed E-state index contributed by atoms with van der Waals surface area (Å²) in [6, 6.07) is 5.35. The Morgan fingerprint density at radius 1 is 1.24 bits per heavy atom. The van der Waals surface area contributed by atoms with Crippen LogP contribution in [0.4, 0.5) is 5.69 Å². The maximum Gasteiger partial charge on any atom is 0.253 e. The van der Waals surface area contributed by atoms with Crippen molar-refractivity contribution in [2.75, 3.05) is 18.8 Å². The highest BCUT2D eigenvalue weighted by atomic mass is 16.2. The van der Waals surface area contributed by atoms with Crippen LogP contribution in [0.3, 0.4) is 0 Å². The van der Waals surface area contributed by atoms with E-state index in [1.54, 1.807) is 18.3 Å². The maximum atomic E-state index is 12.1. The number of amides is 2. The molecule has 0 saturated carbocycles. The van der Waals surface area contributed by atoms with Crippen molar-refractivity contribution in [3.8, 4) is 0 Å². The van der Waals surface area contributed by atoms with Gasteiger partial charge in [0, 0.05) is 42.3 Å². The first-order chi connectivity index (χ1) is 10.1. The molecule has 6 nitrogen and oxygen atoms in total. The van der Waals surface area contributed by atoms with Crippen molar-refractivity contribution in [1.29, 1.82) is 0 Å². The van der Waals surface area contributed by atoms with Gasteiger partial charge in [0.2, 0.25) is 5.91 Å². The number of carbonyl (C=O) groups excluding carboxylic acids is 2. The third-order valence-electron chi connectivity index (χ3n) is 3.16. The fraction of sp³-hybridized carbons (Fsp3) is 0.333. The molecule has 0 aliphatic heterocycles. The maximum absolute atomic E-state index is 12.1. The number of aromatic amines is 1. The summed E-state index contributed by atoms with van der Waals surface area (Å²) in [6.07, 6.45) is 2.83. The van der Waals surface area contributed by atoms with Crippen molar-refractivity contribution in [2.45, 2.75) is 19.8 Å². The van der Waals surface area contributed by atoms with E-state index in [2.05, 4.69) is 15.6 Å². The molecular weight excluding hydrogens is 268 g/mol. The van der Waals surface area contributed by atoms with Gasteiger partial charge in [-0.05, 0) is 24.6 Å². The zero-order valence-corrected chi connectivity index (χ0v) is 12.0. The van der Waals surface area contributed by atoms with Gasteiger partial charge in [-0.3, -0.25) is 9.59 Å². The zero-order valence-electron chi connectivity index (χ0n) is 12.0. The van der Waals surface area contributed by atoms with E-state index in [9.17, 15) is 9.59 Å². The molecule has 1 aromatic heterocycles. The molecule has 0 unspecified atom stereocenters. The third kappa shape index (κ3) is 3.75. The Hall–Kier alpha value is -2.50. The van der Waals surface area contributed by atoms with Crippen LogP contribution in [-0.2, 0) is 4.79 Å². The number of hydrogen-bond donors (Lipinski definition) is 4. The largest absolute Gasteiger partial charge is 0.399 e. The summed E-state index contributed by atoms with van der Waals surface area (Å²) < 4.78 is 0. The van der Waals surface area contributed by atoms with E-state index < -0.39 is 0 Å². The lowest BCUT2D eigenvalue weighted by molar-refractivity contribution is -0.120. The minimum atomic E-state index is -0.200. The van der Waals surface area contributed by atoms with Crippen LogP contribution in [0.1, 0.15) is 30.1 Å². The van der Waals surface area contributed by atoms with Gasteiger partial charge in [-0.15, -0.1) is 0 Å². The number of hydrogen-bond acceptors (Lipinski definition) is 3. The molecule has 6 heteroatoms. The van der Waals surface area contributed by atoms with Gasteiger partial charge in [0.1, 0.15) is 0 Å². The minimum absolute atomic E-state index is 0.0520. The van der Waals surface area contributed by atoms with E-state index >= 15 is 0 Å². The van der Waals surface area contributed by atoms with E-state index in [0.717, 1.165) is 17.3 Å². The Bertz CT molecular complexity index is 648. The van der Waals surface area contributed by atoms with Crippen LogP contribution in [0.2, 0.25) is 0 Å². The molecule has 21 heavy (non-hydrogen) atoms.